The number of halogens is 4. The first-order valence-electron chi connectivity index (χ1n) is 7.42. The van der Waals surface area contributed by atoms with E-state index in [1.165, 1.54) is 4.90 Å². The minimum absolute atomic E-state index is 0.108. The Balaban J connectivity index is 1.77. The fraction of sp³-hybridized carbons (Fsp3) is 0.312. The van der Waals surface area contributed by atoms with Crippen molar-refractivity contribution in [2.45, 2.75) is 18.9 Å². The number of pyridine rings is 1. The second kappa shape index (κ2) is 5.54. The highest BCUT2D eigenvalue weighted by atomic mass is 19.2. The maximum atomic E-state index is 14.1. The van der Waals surface area contributed by atoms with Crippen molar-refractivity contribution in [2.24, 2.45) is 0 Å². The van der Waals surface area contributed by atoms with Gasteiger partial charge in [-0.25, -0.2) is 0 Å². The van der Waals surface area contributed by atoms with E-state index < -0.39 is 35.3 Å². The zero-order chi connectivity index (χ0) is 16.8. The fourth-order valence-electron chi connectivity index (χ4n) is 3.23. The highest BCUT2D eigenvalue weighted by Gasteiger charge is 2.34. The average Bonchev–Trinajstić information content (AvgIpc) is 3.21. The Morgan fingerprint density at radius 1 is 1.00 bits per heavy atom. The maximum Gasteiger partial charge on any atom is 0.253 e. The van der Waals surface area contributed by atoms with Crippen LogP contribution in [-0.2, 0) is 0 Å². The highest BCUT2D eigenvalue weighted by molar-refractivity contribution is 5.54. The summed E-state index contributed by atoms with van der Waals surface area (Å²) in [4.78, 5) is 3.93. The summed E-state index contributed by atoms with van der Waals surface area (Å²) in [6.07, 6.45) is 1.22. The fourth-order valence-corrected chi connectivity index (χ4v) is 3.23. The van der Waals surface area contributed by atoms with Gasteiger partial charge in [-0.2, -0.15) is 22.5 Å². The second-order valence-corrected chi connectivity index (χ2v) is 5.63. The third kappa shape index (κ3) is 2.24. The van der Waals surface area contributed by atoms with E-state index in [4.69, 9.17) is 9.47 Å². The molecule has 126 valence electrons. The quantitative estimate of drug-likeness (QED) is 0.617. The summed E-state index contributed by atoms with van der Waals surface area (Å²) >= 11 is 0. The van der Waals surface area contributed by atoms with Gasteiger partial charge in [-0.3, -0.25) is 0 Å². The van der Waals surface area contributed by atoms with Crippen molar-refractivity contribution < 1.29 is 27.0 Å². The summed E-state index contributed by atoms with van der Waals surface area (Å²) in [5.74, 6) is -5.15. The molecule has 0 radical (unpaired) electrons. The highest BCUT2D eigenvalue weighted by Crippen LogP contribution is 2.42. The molecule has 0 spiro atoms. The molecule has 2 aromatic rings. The first-order valence-corrected chi connectivity index (χ1v) is 7.42. The largest absolute Gasteiger partial charge is 0.454 e. The van der Waals surface area contributed by atoms with Crippen LogP contribution >= 0.6 is 0 Å². The van der Waals surface area contributed by atoms with Crippen LogP contribution in [0.25, 0.3) is 0 Å². The van der Waals surface area contributed by atoms with Gasteiger partial charge in [-0.05, 0) is 30.5 Å². The summed E-state index contributed by atoms with van der Waals surface area (Å²) in [5.41, 5.74) is 0.00773. The van der Waals surface area contributed by atoms with Crippen molar-refractivity contribution in [3.8, 4) is 11.5 Å². The minimum Gasteiger partial charge on any atom is -0.454 e. The third-order valence-electron chi connectivity index (χ3n) is 4.30. The summed E-state index contributed by atoms with van der Waals surface area (Å²) < 4.78 is 65.5. The van der Waals surface area contributed by atoms with Gasteiger partial charge < -0.3 is 14.4 Å². The van der Waals surface area contributed by atoms with E-state index in [2.05, 4.69) is 4.98 Å². The van der Waals surface area contributed by atoms with Crippen molar-refractivity contribution in [2.75, 3.05) is 18.2 Å². The van der Waals surface area contributed by atoms with Gasteiger partial charge in [0.2, 0.25) is 18.4 Å². The average molecular weight is 340 g/mol. The van der Waals surface area contributed by atoms with Crippen LogP contribution in [0.5, 0.6) is 11.5 Å². The van der Waals surface area contributed by atoms with E-state index in [-0.39, 0.29) is 13.3 Å². The molecule has 8 heteroatoms. The Labute approximate surface area is 134 Å². The van der Waals surface area contributed by atoms with Crippen molar-refractivity contribution in [3.05, 3.63) is 47.3 Å². The standard InChI is InChI=1S/C16H12F4N2O2/c17-12-14(13(18)16(20)21-15(12)19)22-5-1-2-9(22)8-3-4-10-11(6-8)24-7-23-10/h3-4,6,9H,1-2,5,7H2. The van der Waals surface area contributed by atoms with E-state index in [1.54, 1.807) is 18.2 Å². The number of aromatic nitrogens is 1. The van der Waals surface area contributed by atoms with Crippen LogP contribution < -0.4 is 14.4 Å². The number of anilines is 1. The molecule has 2 aliphatic rings. The molecule has 1 atom stereocenters. The summed E-state index contributed by atoms with van der Waals surface area (Å²) in [6.45, 7) is 0.382. The molecular weight excluding hydrogens is 328 g/mol. The summed E-state index contributed by atoms with van der Waals surface area (Å²) in [6, 6.07) is 4.74. The number of fused-ring (bicyclic) bond motifs is 1. The van der Waals surface area contributed by atoms with Crippen molar-refractivity contribution in [3.63, 3.8) is 0 Å². The van der Waals surface area contributed by atoms with Gasteiger partial charge in [-0.1, -0.05) is 6.07 Å². The monoisotopic (exact) mass is 340 g/mol. The second-order valence-electron chi connectivity index (χ2n) is 5.63. The van der Waals surface area contributed by atoms with Crippen LogP contribution in [0.4, 0.5) is 23.2 Å². The smallest absolute Gasteiger partial charge is 0.253 e. The molecule has 0 bridgehead atoms. The maximum absolute atomic E-state index is 14.1. The number of ether oxygens (including phenoxy) is 2. The lowest BCUT2D eigenvalue weighted by Gasteiger charge is -2.28. The predicted molar refractivity (Wildman–Crippen MR) is 76.0 cm³/mol. The number of nitrogens with zero attached hydrogens (tertiary/aromatic N) is 2. The Kier molecular flexibility index (Phi) is 3.47. The van der Waals surface area contributed by atoms with Gasteiger partial charge in [0, 0.05) is 6.54 Å². The Bertz CT molecular complexity index is 789. The van der Waals surface area contributed by atoms with Gasteiger partial charge in [-0.15, -0.1) is 0 Å². The van der Waals surface area contributed by atoms with E-state index in [0.29, 0.717) is 24.3 Å². The lowest BCUT2D eigenvalue weighted by atomic mass is 10.0. The van der Waals surface area contributed by atoms with Crippen LogP contribution in [0, 0.1) is 23.5 Å². The van der Waals surface area contributed by atoms with Gasteiger partial charge in [0.25, 0.3) is 11.9 Å². The molecular formula is C16H12F4N2O2. The topological polar surface area (TPSA) is 34.6 Å². The molecule has 0 N–H and O–H groups in total. The Morgan fingerprint density at radius 2 is 1.71 bits per heavy atom. The number of benzene rings is 1. The zero-order valence-electron chi connectivity index (χ0n) is 12.4. The van der Waals surface area contributed by atoms with Crippen LogP contribution in [0.15, 0.2) is 18.2 Å². The Hall–Kier alpha value is -2.51. The molecule has 24 heavy (non-hydrogen) atoms. The molecule has 1 aromatic heterocycles. The number of rotatable bonds is 2. The van der Waals surface area contributed by atoms with Gasteiger partial charge in [0.05, 0.1) is 6.04 Å². The van der Waals surface area contributed by atoms with E-state index in [9.17, 15) is 17.6 Å². The molecule has 1 unspecified atom stereocenters. The third-order valence-corrected chi connectivity index (χ3v) is 4.30. The first-order chi connectivity index (χ1) is 11.6. The normalized spacial score (nSPS) is 19.2. The molecule has 2 aliphatic heterocycles. The SMILES string of the molecule is Fc1nc(F)c(F)c(N2CCCC2c2ccc3c(c2)OCO3)c1F. The molecule has 1 fully saturated rings. The minimum atomic E-state index is -1.65. The van der Waals surface area contributed by atoms with Crippen molar-refractivity contribution in [1.82, 2.24) is 4.98 Å². The van der Waals surface area contributed by atoms with Crippen LogP contribution in [-0.4, -0.2) is 18.3 Å². The van der Waals surface area contributed by atoms with Crippen LogP contribution in [0.1, 0.15) is 24.4 Å². The lowest BCUT2D eigenvalue weighted by Crippen LogP contribution is -2.26. The predicted octanol–water partition coefficient (Wildman–Crippen LogP) is 3.71. The van der Waals surface area contributed by atoms with Gasteiger partial charge in [0.1, 0.15) is 5.69 Å². The van der Waals surface area contributed by atoms with Gasteiger partial charge >= 0.3 is 0 Å². The van der Waals surface area contributed by atoms with E-state index in [0.717, 1.165) is 5.56 Å². The summed E-state index contributed by atoms with van der Waals surface area (Å²) in [7, 11) is 0. The number of hydrogen-bond acceptors (Lipinski definition) is 4. The summed E-state index contributed by atoms with van der Waals surface area (Å²) in [5, 5.41) is 0. The molecule has 0 aliphatic carbocycles. The van der Waals surface area contributed by atoms with Gasteiger partial charge in [0.15, 0.2) is 11.5 Å². The molecule has 1 saturated heterocycles. The van der Waals surface area contributed by atoms with Crippen molar-refractivity contribution >= 4 is 5.69 Å². The zero-order valence-corrected chi connectivity index (χ0v) is 12.4. The van der Waals surface area contributed by atoms with E-state index >= 15 is 0 Å². The Morgan fingerprint density at radius 3 is 2.46 bits per heavy atom. The van der Waals surface area contributed by atoms with E-state index in [1.807, 2.05) is 0 Å². The molecule has 1 aromatic carbocycles. The molecule has 3 heterocycles. The lowest BCUT2D eigenvalue weighted by molar-refractivity contribution is 0.174. The molecule has 4 rings (SSSR count). The van der Waals surface area contributed by atoms with Crippen molar-refractivity contribution in [1.29, 1.82) is 0 Å². The molecule has 0 amide bonds. The number of hydrogen-bond donors (Lipinski definition) is 0. The van der Waals surface area contributed by atoms with Crippen LogP contribution in [0.3, 0.4) is 0 Å². The molecule has 4 nitrogen and oxygen atoms in total. The first kappa shape index (κ1) is 15.0. The molecule has 0 saturated carbocycles. The van der Waals surface area contributed by atoms with Crippen LogP contribution in [0.2, 0.25) is 0 Å².